The topological polar surface area (TPSA) is 52.7 Å². The summed E-state index contributed by atoms with van der Waals surface area (Å²) in [5.74, 6) is 0.473. The fraction of sp³-hybridized carbons (Fsp3) is 0.440. The zero-order valence-corrected chi connectivity index (χ0v) is 18.3. The molecule has 0 aromatic heterocycles. The lowest BCUT2D eigenvalue weighted by Crippen LogP contribution is -2.49. The fourth-order valence-electron chi connectivity index (χ4n) is 3.92. The van der Waals surface area contributed by atoms with Crippen LogP contribution in [0.2, 0.25) is 0 Å². The molecule has 2 aromatic rings. The summed E-state index contributed by atoms with van der Waals surface area (Å²) in [6.45, 7) is 8.17. The molecule has 1 heterocycles. The molecule has 3 amide bonds. The minimum atomic E-state index is -0.182. The molecule has 0 fully saturated rings. The minimum Gasteiger partial charge on any atom is -0.334 e. The van der Waals surface area contributed by atoms with Crippen molar-refractivity contribution in [2.45, 2.75) is 46.2 Å². The Hall–Kier alpha value is -2.82. The predicted octanol–water partition coefficient (Wildman–Crippen LogP) is 4.39. The van der Waals surface area contributed by atoms with E-state index in [4.69, 9.17) is 0 Å². The van der Waals surface area contributed by atoms with Gasteiger partial charge in [-0.25, -0.2) is 4.79 Å². The Balaban J connectivity index is 1.65. The van der Waals surface area contributed by atoms with E-state index in [-0.39, 0.29) is 24.5 Å². The third-order valence-corrected chi connectivity index (χ3v) is 5.79. The number of hydrogen-bond acceptors (Lipinski definition) is 2. The lowest BCUT2D eigenvalue weighted by atomic mass is 9.93. The lowest BCUT2D eigenvalue weighted by molar-refractivity contribution is -0.134. The smallest absolute Gasteiger partial charge is 0.318 e. The highest BCUT2D eigenvalue weighted by molar-refractivity contribution is 5.84. The number of urea groups is 1. The van der Waals surface area contributed by atoms with E-state index in [1.54, 1.807) is 4.90 Å². The Morgan fingerprint density at radius 3 is 2.53 bits per heavy atom. The molecule has 0 radical (unpaired) electrons. The molecule has 5 nitrogen and oxygen atoms in total. The summed E-state index contributed by atoms with van der Waals surface area (Å²) in [6, 6.07) is 18.0. The van der Waals surface area contributed by atoms with Crippen molar-refractivity contribution >= 4 is 11.9 Å². The largest absolute Gasteiger partial charge is 0.334 e. The molecule has 1 atom stereocenters. The molecular formula is C25H33N3O2. The van der Waals surface area contributed by atoms with Gasteiger partial charge >= 0.3 is 6.03 Å². The molecule has 3 rings (SSSR count). The molecule has 0 saturated carbocycles. The SMILES string of the molecule is CC(C)CCN(CC(=O)N1CCc2ccccc2C1C)C(=O)NCc1ccccc1. The van der Waals surface area contributed by atoms with Gasteiger partial charge in [-0.3, -0.25) is 4.79 Å². The molecule has 0 aliphatic carbocycles. The Morgan fingerprint density at radius 1 is 1.10 bits per heavy atom. The van der Waals surface area contributed by atoms with Crippen molar-refractivity contribution in [2.24, 2.45) is 5.92 Å². The molecule has 160 valence electrons. The van der Waals surface area contributed by atoms with Crippen molar-refractivity contribution < 1.29 is 9.59 Å². The maximum Gasteiger partial charge on any atom is 0.318 e. The molecule has 1 aliphatic heterocycles. The monoisotopic (exact) mass is 407 g/mol. The van der Waals surface area contributed by atoms with Crippen molar-refractivity contribution in [3.63, 3.8) is 0 Å². The van der Waals surface area contributed by atoms with E-state index in [0.29, 0.717) is 25.6 Å². The number of carbonyl (C=O) groups excluding carboxylic acids is 2. The molecule has 30 heavy (non-hydrogen) atoms. The first-order valence-corrected chi connectivity index (χ1v) is 10.9. The number of rotatable bonds is 7. The first-order valence-electron chi connectivity index (χ1n) is 10.9. The number of benzene rings is 2. The summed E-state index contributed by atoms with van der Waals surface area (Å²) >= 11 is 0. The molecule has 1 aliphatic rings. The summed E-state index contributed by atoms with van der Waals surface area (Å²) in [5.41, 5.74) is 3.56. The van der Waals surface area contributed by atoms with Gasteiger partial charge in [-0.05, 0) is 42.4 Å². The van der Waals surface area contributed by atoms with Crippen molar-refractivity contribution in [3.05, 3.63) is 71.3 Å². The minimum absolute atomic E-state index is 0.00983. The molecule has 5 heteroatoms. The van der Waals surface area contributed by atoms with Crippen molar-refractivity contribution in [1.29, 1.82) is 0 Å². The Bertz CT molecular complexity index is 850. The molecule has 2 aromatic carbocycles. The quantitative estimate of drug-likeness (QED) is 0.740. The van der Waals surface area contributed by atoms with Gasteiger partial charge in [0.15, 0.2) is 0 Å². The molecular weight excluding hydrogens is 374 g/mol. The summed E-state index contributed by atoms with van der Waals surface area (Å²) in [5, 5.41) is 2.97. The molecule has 1 unspecified atom stereocenters. The van der Waals surface area contributed by atoms with Crippen LogP contribution < -0.4 is 5.32 Å². The highest BCUT2D eigenvalue weighted by Gasteiger charge is 2.29. The second-order valence-corrected chi connectivity index (χ2v) is 8.46. The van der Waals surface area contributed by atoms with E-state index in [0.717, 1.165) is 18.4 Å². The van der Waals surface area contributed by atoms with Crippen LogP contribution in [-0.4, -0.2) is 41.4 Å². The second-order valence-electron chi connectivity index (χ2n) is 8.46. The number of amides is 3. The molecule has 1 N–H and O–H groups in total. The number of nitrogens with zero attached hydrogens (tertiary/aromatic N) is 2. The fourth-order valence-corrected chi connectivity index (χ4v) is 3.92. The highest BCUT2D eigenvalue weighted by Crippen LogP contribution is 2.29. The van der Waals surface area contributed by atoms with Crippen LogP contribution in [0.4, 0.5) is 4.79 Å². The normalized spacial score (nSPS) is 15.6. The number of nitrogens with one attached hydrogen (secondary N) is 1. The van der Waals surface area contributed by atoms with E-state index in [1.807, 2.05) is 47.4 Å². The van der Waals surface area contributed by atoms with Crippen LogP contribution in [0, 0.1) is 5.92 Å². The number of carbonyl (C=O) groups is 2. The van der Waals surface area contributed by atoms with Crippen molar-refractivity contribution in [1.82, 2.24) is 15.1 Å². The zero-order valence-electron chi connectivity index (χ0n) is 18.3. The van der Waals surface area contributed by atoms with Gasteiger partial charge in [0.1, 0.15) is 6.54 Å². The van der Waals surface area contributed by atoms with Crippen LogP contribution in [0.5, 0.6) is 0 Å². The van der Waals surface area contributed by atoms with Gasteiger partial charge in [0, 0.05) is 19.6 Å². The van der Waals surface area contributed by atoms with Crippen molar-refractivity contribution in [2.75, 3.05) is 19.6 Å². The van der Waals surface area contributed by atoms with Crippen LogP contribution >= 0.6 is 0 Å². The van der Waals surface area contributed by atoms with Crippen LogP contribution in [-0.2, 0) is 17.8 Å². The maximum absolute atomic E-state index is 13.2. The Kier molecular flexibility index (Phi) is 7.50. The van der Waals surface area contributed by atoms with Gasteiger partial charge < -0.3 is 15.1 Å². The van der Waals surface area contributed by atoms with E-state index in [9.17, 15) is 9.59 Å². The van der Waals surface area contributed by atoms with E-state index >= 15 is 0 Å². The predicted molar refractivity (Wildman–Crippen MR) is 120 cm³/mol. The maximum atomic E-state index is 13.2. The molecule has 0 spiro atoms. The van der Waals surface area contributed by atoms with Crippen LogP contribution in [0.15, 0.2) is 54.6 Å². The summed E-state index contributed by atoms with van der Waals surface area (Å²) < 4.78 is 0. The number of fused-ring (bicyclic) bond motifs is 1. The third-order valence-electron chi connectivity index (χ3n) is 5.79. The average Bonchev–Trinajstić information content (AvgIpc) is 2.75. The summed E-state index contributed by atoms with van der Waals surface area (Å²) in [7, 11) is 0. The van der Waals surface area contributed by atoms with E-state index in [1.165, 1.54) is 11.1 Å². The lowest BCUT2D eigenvalue weighted by Gasteiger charge is -2.36. The van der Waals surface area contributed by atoms with E-state index < -0.39 is 0 Å². The van der Waals surface area contributed by atoms with E-state index in [2.05, 4.69) is 38.2 Å². The van der Waals surface area contributed by atoms with Gasteiger partial charge in [0.2, 0.25) is 5.91 Å². The Morgan fingerprint density at radius 2 is 1.80 bits per heavy atom. The summed E-state index contributed by atoms with van der Waals surface area (Å²) in [6.07, 6.45) is 1.73. The van der Waals surface area contributed by atoms with Gasteiger partial charge in [-0.2, -0.15) is 0 Å². The number of hydrogen-bond donors (Lipinski definition) is 1. The van der Waals surface area contributed by atoms with Crippen LogP contribution in [0.1, 0.15) is 49.9 Å². The van der Waals surface area contributed by atoms with Crippen LogP contribution in [0.3, 0.4) is 0 Å². The molecule has 0 bridgehead atoms. The second kappa shape index (κ2) is 10.3. The first-order chi connectivity index (χ1) is 14.5. The Labute approximate surface area is 180 Å². The zero-order chi connectivity index (χ0) is 21.5. The third kappa shape index (κ3) is 5.62. The average molecular weight is 408 g/mol. The van der Waals surface area contributed by atoms with Gasteiger partial charge in [-0.15, -0.1) is 0 Å². The standard InChI is InChI=1S/C25H33N3O2/c1-19(2)13-15-27(25(30)26-17-21-9-5-4-6-10-21)18-24(29)28-16-14-22-11-7-8-12-23(22)20(28)3/h4-12,19-20H,13-18H2,1-3H3,(H,26,30). The van der Waals surface area contributed by atoms with Gasteiger partial charge in [-0.1, -0.05) is 68.4 Å². The molecule has 0 saturated heterocycles. The van der Waals surface area contributed by atoms with Gasteiger partial charge in [0.25, 0.3) is 0 Å². The van der Waals surface area contributed by atoms with Crippen molar-refractivity contribution in [3.8, 4) is 0 Å². The highest BCUT2D eigenvalue weighted by atomic mass is 16.2. The van der Waals surface area contributed by atoms with Crippen LogP contribution in [0.25, 0.3) is 0 Å². The van der Waals surface area contributed by atoms with Gasteiger partial charge in [0.05, 0.1) is 6.04 Å². The summed E-state index contributed by atoms with van der Waals surface area (Å²) in [4.78, 5) is 29.6. The first kappa shape index (κ1) is 21.9.